The van der Waals surface area contributed by atoms with Gasteiger partial charge in [-0.1, -0.05) is 18.2 Å². The van der Waals surface area contributed by atoms with E-state index in [9.17, 15) is 18.8 Å². The van der Waals surface area contributed by atoms with Crippen LogP contribution in [-0.4, -0.2) is 28.0 Å². The summed E-state index contributed by atoms with van der Waals surface area (Å²) in [5, 5.41) is 11.6. The number of hydrogen-bond donors (Lipinski definition) is 1. The zero-order valence-electron chi connectivity index (χ0n) is 15.1. The van der Waals surface area contributed by atoms with Crippen LogP contribution < -0.4 is 10.9 Å². The maximum Gasteiger partial charge on any atom is 0.325 e. The lowest BCUT2D eigenvalue weighted by molar-refractivity contribution is -0.144. The van der Waals surface area contributed by atoms with Gasteiger partial charge in [0.2, 0.25) is 0 Å². The van der Waals surface area contributed by atoms with E-state index in [1.54, 1.807) is 24.3 Å². The summed E-state index contributed by atoms with van der Waals surface area (Å²) in [5.74, 6) is -1.87. The number of carbonyl (C=O) groups is 2. The van der Waals surface area contributed by atoms with Gasteiger partial charge in [-0.2, -0.15) is 5.26 Å². The first-order chi connectivity index (χ1) is 14.0. The van der Waals surface area contributed by atoms with Crippen molar-refractivity contribution in [3.63, 3.8) is 0 Å². The number of amides is 1. The van der Waals surface area contributed by atoms with Crippen LogP contribution in [0.1, 0.15) is 16.2 Å². The molecule has 0 aliphatic heterocycles. The van der Waals surface area contributed by atoms with Gasteiger partial charge in [0.1, 0.15) is 25.5 Å². The van der Waals surface area contributed by atoms with Crippen LogP contribution in [0.15, 0.2) is 53.3 Å². The largest absolute Gasteiger partial charge is 0.456 e. The first-order valence-corrected chi connectivity index (χ1v) is 8.54. The lowest BCUT2D eigenvalue weighted by Crippen LogP contribution is -2.31. The quantitative estimate of drug-likeness (QED) is 0.634. The van der Waals surface area contributed by atoms with Gasteiger partial charge in [0.25, 0.3) is 11.5 Å². The highest BCUT2D eigenvalue weighted by Crippen LogP contribution is 2.09. The molecule has 0 saturated carbocycles. The molecule has 0 spiro atoms. The van der Waals surface area contributed by atoms with Crippen molar-refractivity contribution in [2.45, 2.75) is 13.2 Å². The maximum atomic E-state index is 13.1. The van der Waals surface area contributed by atoms with Gasteiger partial charge in [0.05, 0.1) is 17.0 Å². The molecular formula is C20H15FN4O4. The standard InChI is InChI=1S/C20H15FN4O4/c21-14-5-3-4-13(10-14)19(27)23-11-18(26)29-12-17-24-16-7-2-1-6-15(16)20(28)25(17)9-8-22/h1-7,10H,9,11-12H2,(H,23,27). The summed E-state index contributed by atoms with van der Waals surface area (Å²) < 4.78 is 19.3. The zero-order valence-corrected chi connectivity index (χ0v) is 15.1. The maximum absolute atomic E-state index is 13.1. The highest BCUT2D eigenvalue weighted by atomic mass is 19.1. The number of hydrogen-bond acceptors (Lipinski definition) is 6. The second-order valence-electron chi connectivity index (χ2n) is 5.95. The van der Waals surface area contributed by atoms with Gasteiger partial charge in [0, 0.05) is 5.56 Å². The Morgan fingerprint density at radius 1 is 1.21 bits per heavy atom. The minimum atomic E-state index is -0.777. The van der Waals surface area contributed by atoms with Gasteiger partial charge >= 0.3 is 5.97 Å². The summed E-state index contributed by atoms with van der Waals surface area (Å²) in [6.07, 6.45) is 0. The van der Waals surface area contributed by atoms with E-state index in [1.807, 2.05) is 6.07 Å². The van der Waals surface area contributed by atoms with E-state index in [4.69, 9.17) is 10.00 Å². The van der Waals surface area contributed by atoms with Crippen molar-refractivity contribution < 1.29 is 18.7 Å². The summed E-state index contributed by atoms with van der Waals surface area (Å²) in [5.41, 5.74) is 0.0663. The number of benzene rings is 2. The zero-order chi connectivity index (χ0) is 20.8. The van der Waals surface area contributed by atoms with Crippen molar-refractivity contribution in [3.8, 4) is 6.07 Å². The minimum absolute atomic E-state index is 0.0665. The van der Waals surface area contributed by atoms with Gasteiger partial charge in [0.15, 0.2) is 5.82 Å². The molecular weight excluding hydrogens is 379 g/mol. The molecule has 1 heterocycles. The van der Waals surface area contributed by atoms with Gasteiger partial charge in [-0.25, -0.2) is 9.37 Å². The second-order valence-corrected chi connectivity index (χ2v) is 5.95. The van der Waals surface area contributed by atoms with Crippen LogP contribution in [0.3, 0.4) is 0 Å². The summed E-state index contributed by atoms with van der Waals surface area (Å²) in [7, 11) is 0. The SMILES string of the molecule is N#CCn1c(COC(=O)CNC(=O)c2cccc(F)c2)nc2ccccc2c1=O. The average Bonchev–Trinajstić information content (AvgIpc) is 2.73. The highest BCUT2D eigenvalue weighted by molar-refractivity contribution is 5.95. The van der Waals surface area contributed by atoms with E-state index >= 15 is 0 Å². The highest BCUT2D eigenvalue weighted by Gasteiger charge is 2.14. The lowest BCUT2D eigenvalue weighted by atomic mass is 10.2. The molecule has 3 rings (SSSR count). The molecule has 0 aliphatic rings. The van der Waals surface area contributed by atoms with Crippen LogP contribution in [0.2, 0.25) is 0 Å². The van der Waals surface area contributed by atoms with E-state index < -0.39 is 29.8 Å². The Balaban J connectivity index is 1.67. The molecule has 3 aromatic rings. The molecule has 2 aromatic carbocycles. The number of halogens is 1. The molecule has 8 nitrogen and oxygen atoms in total. The Morgan fingerprint density at radius 2 is 2.00 bits per heavy atom. The molecule has 9 heteroatoms. The Labute approximate surface area is 164 Å². The normalized spacial score (nSPS) is 10.3. The number of para-hydroxylation sites is 1. The van der Waals surface area contributed by atoms with Gasteiger partial charge in [-0.3, -0.25) is 19.0 Å². The van der Waals surface area contributed by atoms with Crippen LogP contribution in [-0.2, 0) is 22.7 Å². The van der Waals surface area contributed by atoms with Gasteiger partial charge < -0.3 is 10.1 Å². The first kappa shape index (κ1) is 19.7. The fourth-order valence-corrected chi connectivity index (χ4v) is 2.64. The number of nitriles is 1. The van der Waals surface area contributed by atoms with E-state index in [1.165, 1.54) is 18.2 Å². The van der Waals surface area contributed by atoms with E-state index in [0.717, 1.165) is 10.6 Å². The monoisotopic (exact) mass is 394 g/mol. The fourth-order valence-electron chi connectivity index (χ4n) is 2.64. The topological polar surface area (TPSA) is 114 Å². The van der Waals surface area contributed by atoms with E-state index in [0.29, 0.717) is 10.9 Å². The van der Waals surface area contributed by atoms with Crippen LogP contribution in [0.4, 0.5) is 4.39 Å². The summed E-state index contributed by atoms with van der Waals surface area (Å²) in [6, 6.07) is 13.5. The van der Waals surface area contributed by atoms with Crippen LogP contribution in [0.5, 0.6) is 0 Å². The van der Waals surface area contributed by atoms with Crippen molar-refractivity contribution >= 4 is 22.8 Å². The summed E-state index contributed by atoms with van der Waals surface area (Å²) >= 11 is 0. The first-order valence-electron chi connectivity index (χ1n) is 8.54. The van der Waals surface area contributed by atoms with E-state index in [-0.39, 0.29) is 24.5 Å². The molecule has 0 unspecified atom stereocenters. The molecule has 29 heavy (non-hydrogen) atoms. The molecule has 0 bridgehead atoms. The molecule has 146 valence electrons. The van der Waals surface area contributed by atoms with Crippen molar-refractivity contribution in [3.05, 3.63) is 76.1 Å². The smallest absolute Gasteiger partial charge is 0.325 e. The molecule has 1 aromatic heterocycles. The molecule has 0 saturated heterocycles. The summed E-state index contributed by atoms with van der Waals surface area (Å²) in [6.45, 7) is -1.05. The molecule has 0 fully saturated rings. The Hall–Kier alpha value is -4.06. The lowest BCUT2D eigenvalue weighted by Gasteiger charge is -2.11. The van der Waals surface area contributed by atoms with Crippen LogP contribution in [0, 0.1) is 17.1 Å². The van der Waals surface area contributed by atoms with Crippen molar-refractivity contribution in [2.75, 3.05) is 6.54 Å². The Bertz CT molecular complexity index is 1180. The molecule has 0 radical (unpaired) electrons. The molecule has 1 amide bonds. The number of aromatic nitrogens is 2. The third-order valence-corrected chi connectivity index (χ3v) is 4.01. The number of nitrogens with one attached hydrogen (secondary N) is 1. The van der Waals surface area contributed by atoms with Crippen molar-refractivity contribution in [1.29, 1.82) is 5.26 Å². The number of rotatable bonds is 6. The molecule has 1 N–H and O–H groups in total. The predicted molar refractivity (Wildman–Crippen MR) is 100 cm³/mol. The fraction of sp³-hybridized carbons (Fsp3) is 0.150. The number of esters is 1. The third-order valence-electron chi connectivity index (χ3n) is 4.01. The van der Waals surface area contributed by atoms with Gasteiger partial charge in [-0.15, -0.1) is 0 Å². The number of fused-ring (bicyclic) bond motifs is 1. The van der Waals surface area contributed by atoms with Crippen molar-refractivity contribution in [1.82, 2.24) is 14.9 Å². The third kappa shape index (κ3) is 4.62. The average molecular weight is 394 g/mol. The Kier molecular flexibility index (Phi) is 5.94. The molecule has 0 atom stereocenters. The number of nitrogens with zero attached hydrogens (tertiary/aromatic N) is 3. The van der Waals surface area contributed by atoms with Crippen molar-refractivity contribution in [2.24, 2.45) is 0 Å². The van der Waals surface area contributed by atoms with Gasteiger partial charge in [-0.05, 0) is 30.3 Å². The predicted octanol–water partition coefficient (Wildman–Crippen LogP) is 1.53. The number of carbonyl (C=O) groups excluding carboxylic acids is 2. The summed E-state index contributed by atoms with van der Waals surface area (Å²) in [4.78, 5) is 40.7. The molecule has 0 aliphatic carbocycles. The second kappa shape index (κ2) is 8.75. The van der Waals surface area contributed by atoms with Crippen LogP contribution in [0.25, 0.3) is 10.9 Å². The van der Waals surface area contributed by atoms with Crippen LogP contribution >= 0.6 is 0 Å². The van der Waals surface area contributed by atoms with E-state index in [2.05, 4.69) is 10.3 Å². The Morgan fingerprint density at radius 3 is 2.76 bits per heavy atom. The minimum Gasteiger partial charge on any atom is -0.456 e. The number of ether oxygens (including phenoxy) is 1.